The number of halogens is 3. The molecular formula is C15H22F3N3O2S. The van der Waals surface area contributed by atoms with E-state index in [1.54, 1.807) is 0 Å². The summed E-state index contributed by atoms with van der Waals surface area (Å²) < 4.78 is 62.1. The molecule has 2 rings (SSSR count). The van der Waals surface area contributed by atoms with Crippen molar-refractivity contribution in [2.24, 2.45) is 5.14 Å². The second-order valence-electron chi connectivity index (χ2n) is 6.06. The Balaban J connectivity index is 2.11. The fourth-order valence-electron chi connectivity index (χ4n) is 2.91. The Morgan fingerprint density at radius 2 is 2.04 bits per heavy atom. The number of benzene rings is 1. The Labute approximate surface area is 140 Å². The fourth-order valence-corrected chi connectivity index (χ4v) is 3.45. The molecule has 1 unspecified atom stereocenters. The Morgan fingerprint density at radius 1 is 1.33 bits per heavy atom. The molecule has 0 aromatic heterocycles. The third kappa shape index (κ3) is 4.84. The summed E-state index contributed by atoms with van der Waals surface area (Å²) in [6.45, 7) is 4.04. The molecule has 0 bridgehead atoms. The number of nitrogens with two attached hydrogens (primary N) is 1. The first kappa shape index (κ1) is 19.0. The molecule has 0 radical (unpaired) electrons. The minimum atomic E-state index is -4.67. The van der Waals surface area contributed by atoms with Crippen molar-refractivity contribution in [3.05, 3.63) is 23.8 Å². The summed E-state index contributed by atoms with van der Waals surface area (Å²) in [6, 6.07) is 3.19. The number of nitrogens with one attached hydrogen (secondary N) is 1. The Kier molecular flexibility index (Phi) is 5.77. The predicted octanol–water partition coefficient (Wildman–Crippen LogP) is 2.64. The zero-order valence-corrected chi connectivity index (χ0v) is 14.3. The van der Waals surface area contributed by atoms with Crippen LogP contribution in [0.25, 0.3) is 0 Å². The molecule has 1 aliphatic heterocycles. The van der Waals surface area contributed by atoms with Gasteiger partial charge in [0.15, 0.2) is 0 Å². The zero-order valence-electron chi connectivity index (χ0n) is 13.4. The Bertz CT molecular complexity index is 677. The van der Waals surface area contributed by atoms with Crippen molar-refractivity contribution in [1.82, 2.24) is 4.90 Å². The minimum Gasteiger partial charge on any atom is -0.383 e. The summed E-state index contributed by atoms with van der Waals surface area (Å²) in [5.41, 5.74) is -1.17. The summed E-state index contributed by atoms with van der Waals surface area (Å²) in [7, 11) is -4.18. The maximum atomic E-state index is 13.2. The number of alkyl halides is 3. The van der Waals surface area contributed by atoms with Crippen LogP contribution in [-0.2, 0) is 16.2 Å². The fraction of sp³-hybridized carbons (Fsp3) is 0.600. The normalized spacial score (nSPS) is 20.1. The highest BCUT2D eigenvalue weighted by molar-refractivity contribution is 7.89. The molecule has 0 amide bonds. The van der Waals surface area contributed by atoms with E-state index in [9.17, 15) is 21.6 Å². The summed E-state index contributed by atoms with van der Waals surface area (Å²) in [5.74, 6) is 0. The monoisotopic (exact) mass is 365 g/mol. The number of anilines is 1. The van der Waals surface area contributed by atoms with Crippen LogP contribution in [0.15, 0.2) is 23.1 Å². The van der Waals surface area contributed by atoms with E-state index in [2.05, 4.69) is 17.1 Å². The molecule has 1 aliphatic rings. The summed E-state index contributed by atoms with van der Waals surface area (Å²) in [4.78, 5) is 1.69. The highest BCUT2D eigenvalue weighted by Gasteiger charge is 2.34. The Hall–Kier alpha value is -1.32. The lowest BCUT2D eigenvalue weighted by atomic mass is 10.0. The number of sulfonamides is 1. The van der Waals surface area contributed by atoms with Gasteiger partial charge in [0.25, 0.3) is 0 Å². The molecule has 1 aromatic rings. The van der Waals surface area contributed by atoms with Crippen molar-refractivity contribution in [3.63, 3.8) is 0 Å². The molecule has 9 heteroatoms. The number of rotatable bonds is 5. The smallest absolute Gasteiger partial charge is 0.383 e. The van der Waals surface area contributed by atoms with Crippen molar-refractivity contribution in [1.29, 1.82) is 0 Å². The van der Waals surface area contributed by atoms with Crippen molar-refractivity contribution in [3.8, 4) is 0 Å². The molecule has 0 saturated carbocycles. The van der Waals surface area contributed by atoms with Gasteiger partial charge in [-0.25, -0.2) is 13.6 Å². The largest absolute Gasteiger partial charge is 0.418 e. The van der Waals surface area contributed by atoms with Crippen molar-refractivity contribution < 1.29 is 21.6 Å². The molecule has 3 N–H and O–H groups in total. The average Bonchev–Trinajstić information content (AvgIpc) is 2.47. The predicted molar refractivity (Wildman–Crippen MR) is 86.2 cm³/mol. The topological polar surface area (TPSA) is 75.4 Å². The van der Waals surface area contributed by atoms with Crippen LogP contribution in [0.5, 0.6) is 0 Å². The minimum absolute atomic E-state index is 0.139. The second kappa shape index (κ2) is 7.28. The maximum absolute atomic E-state index is 13.2. The summed E-state index contributed by atoms with van der Waals surface area (Å²) in [5, 5.41) is 7.68. The molecular weight excluding hydrogens is 343 g/mol. The van der Waals surface area contributed by atoms with Crippen LogP contribution in [0.2, 0.25) is 0 Å². The van der Waals surface area contributed by atoms with Gasteiger partial charge in [0, 0.05) is 24.8 Å². The van der Waals surface area contributed by atoms with E-state index in [1.807, 2.05) is 0 Å². The maximum Gasteiger partial charge on any atom is 0.418 e. The van der Waals surface area contributed by atoms with Crippen LogP contribution in [0, 0.1) is 0 Å². The van der Waals surface area contributed by atoms with Gasteiger partial charge in [0.2, 0.25) is 10.0 Å². The molecule has 1 heterocycles. The Morgan fingerprint density at radius 3 is 2.62 bits per heavy atom. The number of nitrogens with zero attached hydrogens (tertiary/aromatic N) is 1. The molecule has 1 saturated heterocycles. The van der Waals surface area contributed by atoms with Gasteiger partial charge in [0.05, 0.1) is 10.5 Å². The molecule has 1 atom stereocenters. The molecule has 1 fully saturated rings. The molecule has 1 aromatic carbocycles. The first-order valence-electron chi connectivity index (χ1n) is 7.81. The van der Waals surface area contributed by atoms with Gasteiger partial charge in [-0.2, -0.15) is 13.2 Å². The standard InChI is InChI=1S/C15H22F3N3O2S/c1-11-4-2-3-8-21(11)9-7-20-14-6-5-12(24(19,22)23)10-13(14)15(16,17)18/h5-6,10-11,20H,2-4,7-9H2,1H3,(H2,19,22,23). The van der Waals surface area contributed by atoms with Crippen LogP contribution < -0.4 is 10.5 Å². The van der Waals surface area contributed by atoms with E-state index >= 15 is 0 Å². The third-order valence-corrected chi connectivity index (χ3v) is 5.19. The lowest BCUT2D eigenvalue weighted by Crippen LogP contribution is -2.40. The van der Waals surface area contributed by atoms with E-state index in [0.717, 1.165) is 31.5 Å². The SMILES string of the molecule is CC1CCCCN1CCNc1ccc(S(N)(=O)=O)cc1C(F)(F)F. The van der Waals surface area contributed by atoms with E-state index in [0.29, 0.717) is 25.2 Å². The highest BCUT2D eigenvalue weighted by Crippen LogP contribution is 2.36. The van der Waals surface area contributed by atoms with E-state index in [4.69, 9.17) is 5.14 Å². The molecule has 24 heavy (non-hydrogen) atoms. The van der Waals surface area contributed by atoms with Crippen LogP contribution >= 0.6 is 0 Å². The summed E-state index contributed by atoms with van der Waals surface area (Å²) >= 11 is 0. The average molecular weight is 365 g/mol. The molecule has 0 aliphatic carbocycles. The van der Waals surface area contributed by atoms with Crippen LogP contribution in [0.1, 0.15) is 31.7 Å². The number of hydrogen-bond donors (Lipinski definition) is 2. The molecule has 5 nitrogen and oxygen atoms in total. The van der Waals surface area contributed by atoms with Crippen LogP contribution in [-0.4, -0.2) is 39.0 Å². The highest BCUT2D eigenvalue weighted by atomic mass is 32.2. The summed E-state index contributed by atoms with van der Waals surface area (Å²) in [6.07, 6.45) is -1.29. The van der Waals surface area contributed by atoms with Gasteiger partial charge in [-0.1, -0.05) is 6.42 Å². The van der Waals surface area contributed by atoms with Gasteiger partial charge >= 0.3 is 6.18 Å². The zero-order chi connectivity index (χ0) is 18.0. The molecule has 0 spiro atoms. The van der Waals surface area contributed by atoms with Gasteiger partial charge in [-0.05, 0) is 44.5 Å². The number of likely N-dealkylation sites (tertiary alicyclic amines) is 1. The van der Waals surface area contributed by atoms with Gasteiger partial charge in [-0.15, -0.1) is 0 Å². The van der Waals surface area contributed by atoms with Crippen molar-refractivity contribution in [2.75, 3.05) is 25.0 Å². The first-order chi connectivity index (χ1) is 11.1. The van der Waals surface area contributed by atoms with Crippen LogP contribution in [0.3, 0.4) is 0 Å². The molecule has 136 valence electrons. The van der Waals surface area contributed by atoms with Crippen molar-refractivity contribution >= 4 is 15.7 Å². The van der Waals surface area contributed by atoms with E-state index in [-0.39, 0.29) is 5.69 Å². The van der Waals surface area contributed by atoms with Crippen molar-refractivity contribution in [2.45, 2.75) is 43.3 Å². The quantitative estimate of drug-likeness (QED) is 0.841. The van der Waals surface area contributed by atoms with Gasteiger partial charge in [-0.3, -0.25) is 4.90 Å². The van der Waals surface area contributed by atoms with E-state index in [1.165, 1.54) is 6.42 Å². The van der Waals surface area contributed by atoms with Gasteiger partial charge in [0.1, 0.15) is 0 Å². The number of piperidine rings is 1. The first-order valence-corrected chi connectivity index (χ1v) is 9.35. The number of primary sulfonamides is 1. The van der Waals surface area contributed by atoms with Gasteiger partial charge < -0.3 is 5.32 Å². The number of hydrogen-bond acceptors (Lipinski definition) is 4. The lowest BCUT2D eigenvalue weighted by molar-refractivity contribution is -0.137. The van der Waals surface area contributed by atoms with Crippen LogP contribution in [0.4, 0.5) is 18.9 Å². The second-order valence-corrected chi connectivity index (χ2v) is 7.62. The van der Waals surface area contributed by atoms with E-state index < -0.39 is 26.7 Å². The lowest BCUT2D eigenvalue weighted by Gasteiger charge is -2.33. The third-order valence-electron chi connectivity index (χ3n) is 4.28.